The fourth-order valence-corrected chi connectivity index (χ4v) is 4.98. The first kappa shape index (κ1) is 19.5. The van der Waals surface area contributed by atoms with Gasteiger partial charge in [-0.3, -0.25) is 4.79 Å². The molecule has 2 aliphatic rings. The highest BCUT2D eigenvalue weighted by atomic mass is 28.1. The molecule has 2 nitrogen and oxygen atoms in total. The summed E-state index contributed by atoms with van der Waals surface area (Å²) in [5.41, 5.74) is -0.0557. The van der Waals surface area contributed by atoms with Crippen molar-refractivity contribution in [3.8, 4) is 5.75 Å². The number of hydrogen-bond donors (Lipinski definition) is 0. The molecule has 5 heteroatoms. The Morgan fingerprint density at radius 2 is 1.50 bits per heavy atom. The van der Waals surface area contributed by atoms with Crippen molar-refractivity contribution >= 4 is 16.2 Å². The summed E-state index contributed by atoms with van der Waals surface area (Å²) in [4.78, 5) is 12.4. The second-order valence-electron chi connectivity index (χ2n) is 8.03. The molecule has 0 unspecified atom stereocenters. The minimum absolute atomic E-state index is 0.0364. The molecule has 0 N–H and O–H groups in total. The first-order valence-electron chi connectivity index (χ1n) is 9.79. The Morgan fingerprint density at radius 1 is 1.00 bits per heavy atom. The third-order valence-electron chi connectivity index (χ3n) is 6.42. The Bertz CT molecular complexity index is 610. The van der Waals surface area contributed by atoms with Crippen LogP contribution in [0.1, 0.15) is 56.9 Å². The molecule has 0 amide bonds. The molecule has 0 bridgehead atoms. The number of rotatable bonds is 4. The minimum Gasteiger partial charge on any atom is -0.426 e. The lowest BCUT2D eigenvalue weighted by Crippen LogP contribution is -2.30. The summed E-state index contributed by atoms with van der Waals surface area (Å²) in [6.45, 7) is 1.36. The maximum atomic E-state index is 13.6. The Labute approximate surface area is 158 Å². The summed E-state index contributed by atoms with van der Waals surface area (Å²) in [5.74, 6) is 0.415. The van der Waals surface area contributed by atoms with Gasteiger partial charge in [0.15, 0.2) is 0 Å². The lowest BCUT2D eigenvalue weighted by molar-refractivity contribution is -0.140. The van der Waals surface area contributed by atoms with Gasteiger partial charge in [0.1, 0.15) is 17.4 Å². The zero-order valence-corrected chi connectivity index (χ0v) is 16.4. The first-order valence-corrected chi connectivity index (χ1v) is 10.5. The van der Waals surface area contributed by atoms with Crippen LogP contribution < -0.4 is 4.74 Å². The molecule has 1 aromatic rings. The highest BCUT2D eigenvalue weighted by molar-refractivity contribution is 6.08. The quantitative estimate of drug-likeness (QED) is 0.400. The van der Waals surface area contributed by atoms with E-state index in [2.05, 4.69) is 10.2 Å². The smallest absolute Gasteiger partial charge is 0.314 e. The van der Waals surface area contributed by atoms with Crippen molar-refractivity contribution in [1.82, 2.24) is 0 Å². The Hall–Kier alpha value is -1.23. The summed E-state index contributed by atoms with van der Waals surface area (Å²) >= 11 is 0. The monoisotopic (exact) mass is 377 g/mol. The van der Waals surface area contributed by atoms with Gasteiger partial charge in [-0.2, -0.15) is 0 Å². The van der Waals surface area contributed by atoms with Crippen LogP contribution in [0.15, 0.2) is 12.1 Å². The van der Waals surface area contributed by atoms with Gasteiger partial charge < -0.3 is 4.74 Å². The zero-order valence-electron chi connectivity index (χ0n) is 15.4. The van der Waals surface area contributed by atoms with Crippen LogP contribution in [0.2, 0.25) is 6.04 Å². The van der Waals surface area contributed by atoms with E-state index in [1.165, 1.54) is 32.6 Å². The van der Waals surface area contributed by atoms with Crippen molar-refractivity contribution in [2.75, 3.05) is 0 Å². The number of halogens is 2. The maximum Gasteiger partial charge on any atom is 0.314 e. The summed E-state index contributed by atoms with van der Waals surface area (Å²) in [6.07, 6.45) is 8.96. The minimum atomic E-state index is -0.685. The van der Waals surface area contributed by atoms with Crippen LogP contribution in [0, 0.1) is 42.2 Å². The van der Waals surface area contributed by atoms with Gasteiger partial charge in [0.2, 0.25) is 0 Å². The van der Waals surface area contributed by atoms with E-state index in [0.29, 0.717) is 5.92 Å². The van der Waals surface area contributed by atoms with E-state index in [4.69, 9.17) is 4.74 Å². The molecule has 0 aliphatic heterocycles. The Kier molecular flexibility index (Phi) is 6.49. The average molecular weight is 378 g/mol. The van der Waals surface area contributed by atoms with Crippen molar-refractivity contribution in [1.29, 1.82) is 0 Å². The molecule has 0 atom stereocenters. The van der Waals surface area contributed by atoms with E-state index in [9.17, 15) is 13.6 Å². The van der Waals surface area contributed by atoms with Gasteiger partial charge in [-0.15, -0.1) is 0 Å². The highest BCUT2D eigenvalue weighted by Crippen LogP contribution is 2.42. The standard InChI is InChI=1S/C21H27F2O2Si/c1-13-19(22)10-18(11-20(13)23)25-21(24)17-8-6-16(7-9-17)15-4-2-14(12-26)3-5-15/h10-11,14-17H,2-9,12H2,1H3. The van der Waals surface area contributed by atoms with Gasteiger partial charge in [0.05, 0.1) is 5.92 Å². The maximum absolute atomic E-state index is 13.6. The molecule has 0 spiro atoms. The largest absolute Gasteiger partial charge is 0.426 e. The third-order valence-corrected chi connectivity index (χ3v) is 7.00. The number of benzene rings is 1. The normalized spacial score (nSPS) is 29.4. The molecule has 141 valence electrons. The van der Waals surface area contributed by atoms with Gasteiger partial charge >= 0.3 is 5.97 Å². The Balaban J connectivity index is 1.49. The SMILES string of the molecule is Cc1c(F)cc(OC(=O)C2CCC(C3CCC(C[Si])CC3)CC2)cc1F. The van der Waals surface area contributed by atoms with Crippen LogP contribution in [-0.4, -0.2) is 16.2 Å². The van der Waals surface area contributed by atoms with E-state index in [1.54, 1.807) is 0 Å². The summed E-state index contributed by atoms with van der Waals surface area (Å²) < 4.78 is 32.5. The zero-order chi connectivity index (χ0) is 18.7. The molecular weight excluding hydrogens is 350 g/mol. The number of carbonyl (C=O) groups excluding carboxylic acids is 1. The summed E-state index contributed by atoms with van der Waals surface area (Å²) in [5, 5.41) is 0. The molecule has 2 saturated carbocycles. The first-order chi connectivity index (χ1) is 12.5. The summed E-state index contributed by atoms with van der Waals surface area (Å²) in [6, 6.07) is 3.28. The second kappa shape index (κ2) is 8.64. The van der Waals surface area contributed by atoms with E-state index in [-0.39, 0.29) is 23.2 Å². The number of hydrogen-bond acceptors (Lipinski definition) is 2. The fraction of sp³-hybridized carbons (Fsp3) is 0.667. The van der Waals surface area contributed by atoms with Gasteiger partial charge in [0, 0.05) is 27.9 Å². The molecule has 0 aromatic heterocycles. The molecule has 0 heterocycles. The van der Waals surface area contributed by atoms with Crippen molar-refractivity contribution in [3.63, 3.8) is 0 Å². The molecular formula is C21H27F2O2Si. The van der Waals surface area contributed by atoms with Crippen molar-refractivity contribution in [2.24, 2.45) is 23.7 Å². The molecule has 2 aliphatic carbocycles. The van der Waals surface area contributed by atoms with Crippen LogP contribution in [0.3, 0.4) is 0 Å². The third kappa shape index (κ3) is 4.54. The number of carbonyl (C=O) groups is 1. The van der Waals surface area contributed by atoms with E-state index in [0.717, 1.165) is 55.7 Å². The number of esters is 1. The van der Waals surface area contributed by atoms with Crippen molar-refractivity contribution < 1.29 is 18.3 Å². The van der Waals surface area contributed by atoms with Crippen molar-refractivity contribution in [2.45, 2.75) is 64.3 Å². The van der Waals surface area contributed by atoms with Gasteiger partial charge in [-0.05, 0) is 63.2 Å². The lowest BCUT2D eigenvalue weighted by atomic mass is 9.69. The summed E-state index contributed by atoms with van der Waals surface area (Å²) in [7, 11) is 3.64. The van der Waals surface area contributed by atoms with E-state index < -0.39 is 11.6 Å². The van der Waals surface area contributed by atoms with Gasteiger partial charge in [0.25, 0.3) is 0 Å². The van der Waals surface area contributed by atoms with Crippen LogP contribution in [0.5, 0.6) is 5.75 Å². The van der Waals surface area contributed by atoms with Crippen LogP contribution >= 0.6 is 0 Å². The predicted molar refractivity (Wildman–Crippen MR) is 98.2 cm³/mol. The van der Waals surface area contributed by atoms with Crippen LogP contribution in [0.25, 0.3) is 0 Å². The second-order valence-corrected chi connectivity index (χ2v) is 8.44. The highest BCUT2D eigenvalue weighted by Gasteiger charge is 2.33. The van der Waals surface area contributed by atoms with Crippen LogP contribution in [0.4, 0.5) is 8.78 Å². The van der Waals surface area contributed by atoms with Crippen molar-refractivity contribution in [3.05, 3.63) is 29.3 Å². The van der Waals surface area contributed by atoms with Crippen LogP contribution in [-0.2, 0) is 4.79 Å². The molecule has 3 radical (unpaired) electrons. The molecule has 26 heavy (non-hydrogen) atoms. The van der Waals surface area contributed by atoms with Gasteiger partial charge in [-0.1, -0.05) is 18.9 Å². The van der Waals surface area contributed by atoms with E-state index >= 15 is 0 Å². The van der Waals surface area contributed by atoms with Gasteiger partial charge in [-0.25, -0.2) is 8.78 Å². The molecule has 2 fully saturated rings. The topological polar surface area (TPSA) is 26.3 Å². The predicted octanol–water partition coefficient (Wildman–Crippen LogP) is 5.38. The molecule has 3 rings (SSSR count). The fourth-order valence-electron chi connectivity index (χ4n) is 4.57. The van der Waals surface area contributed by atoms with E-state index in [1.807, 2.05) is 0 Å². The average Bonchev–Trinajstić information content (AvgIpc) is 2.66. The lowest BCUT2D eigenvalue weighted by Gasteiger charge is -2.37. The molecule has 1 aromatic carbocycles. The number of ether oxygens (including phenoxy) is 1. The molecule has 0 saturated heterocycles. The Morgan fingerprint density at radius 3 is 2.00 bits per heavy atom.